The molecule has 1 aliphatic heterocycles. The van der Waals surface area contributed by atoms with Gasteiger partial charge in [0.15, 0.2) is 0 Å². The standard InChI is InChI=1S/C13H18N4/c1-2-7-17-8-4-12(5-9-17)15-10-13-3-6-14-11-16-13/h1,3,6,11-12,15H,4-5,7-10H2. The Hall–Kier alpha value is -1.44. The molecule has 1 N–H and O–H groups in total. The van der Waals surface area contributed by atoms with Crippen LogP contribution in [0.2, 0.25) is 0 Å². The Morgan fingerprint density at radius 1 is 1.47 bits per heavy atom. The fourth-order valence-corrected chi connectivity index (χ4v) is 2.10. The molecule has 1 fully saturated rings. The van der Waals surface area contributed by atoms with Gasteiger partial charge in [-0.1, -0.05) is 5.92 Å². The summed E-state index contributed by atoms with van der Waals surface area (Å²) in [6.07, 6.45) is 11.0. The van der Waals surface area contributed by atoms with Gasteiger partial charge >= 0.3 is 0 Å². The smallest absolute Gasteiger partial charge is 0.115 e. The molecule has 0 aliphatic carbocycles. The zero-order valence-corrected chi connectivity index (χ0v) is 9.97. The van der Waals surface area contributed by atoms with E-state index >= 15 is 0 Å². The van der Waals surface area contributed by atoms with Crippen LogP contribution >= 0.6 is 0 Å². The lowest BCUT2D eigenvalue weighted by molar-refractivity contribution is 0.217. The fourth-order valence-electron chi connectivity index (χ4n) is 2.10. The van der Waals surface area contributed by atoms with Crippen LogP contribution in [-0.2, 0) is 6.54 Å². The van der Waals surface area contributed by atoms with Gasteiger partial charge in [0.05, 0.1) is 12.2 Å². The first-order chi connectivity index (χ1) is 8.38. The van der Waals surface area contributed by atoms with Crippen molar-refractivity contribution in [2.75, 3.05) is 19.6 Å². The first kappa shape index (κ1) is 12.0. The third-order valence-corrected chi connectivity index (χ3v) is 3.12. The van der Waals surface area contributed by atoms with Crippen LogP contribution in [0, 0.1) is 12.3 Å². The lowest BCUT2D eigenvalue weighted by Gasteiger charge is -2.31. The lowest BCUT2D eigenvalue weighted by Crippen LogP contribution is -2.42. The Morgan fingerprint density at radius 3 is 2.94 bits per heavy atom. The van der Waals surface area contributed by atoms with Crippen LogP contribution < -0.4 is 5.32 Å². The highest BCUT2D eigenvalue weighted by molar-refractivity contribution is 4.98. The SMILES string of the molecule is C#CCN1CCC(NCc2ccncn2)CC1. The van der Waals surface area contributed by atoms with Gasteiger partial charge in [-0.3, -0.25) is 4.90 Å². The van der Waals surface area contributed by atoms with Gasteiger partial charge in [0.2, 0.25) is 0 Å². The Morgan fingerprint density at radius 2 is 2.29 bits per heavy atom. The number of rotatable bonds is 4. The molecule has 0 unspecified atom stereocenters. The Bertz CT molecular complexity index is 363. The van der Waals surface area contributed by atoms with Crippen LogP contribution in [0.1, 0.15) is 18.5 Å². The van der Waals surface area contributed by atoms with Crippen molar-refractivity contribution in [3.05, 3.63) is 24.3 Å². The van der Waals surface area contributed by atoms with Gasteiger partial charge in [0.1, 0.15) is 6.33 Å². The molecule has 0 bridgehead atoms. The van der Waals surface area contributed by atoms with Gasteiger partial charge in [-0.2, -0.15) is 0 Å². The maximum atomic E-state index is 5.31. The predicted octanol–water partition coefficient (Wildman–Crippen LogP) is 0.664. The summed E-state index contributed by atoms with van der Waals surface area (Å²) in [6.45, 7) is 3.78. The van der Waals surface area contributed by atoms with Crippen LogP contribution in [0.4, 0.5) is 0 Å². The molecule has 1 aromatic rings. The summed E-state index contributed by atoms with van der Waals surface area (Å²) in [4.78, 5) is 10.4. The van der Waals surface area contributed by atoms with Crippen LogP contribution in [0.15, 0.2) is 18.6 Å². The normalized spacial score (nSPS) is 17.8. The van der Waals surface area contributed by atoms with Gasteiger partial charge in [-0.15, -0.1) is 6.42 Å². The monoisotopic (exact) mass is 230 g/mol. The highest BCUT2D eigenvalue weighted by atomic mass is 15.1. The van der Waals surface area contributed by atoms with E-state index in [4.69, 9.17) is 6.42 Å². The summed E-state index contributed by atoms with van der Waals surface area (Å²) in [5, 5.41) is 3.53. The molecule has 0 spiro atoms. The molecule has 0 saturated carbocycles. The molecule has 2 heterocycles. The number of aromatic nitrogens is 2. The molecule has 1 aliphatic rings. The minimum Gasteiger partial charge on any atom is -0.308 e. The molecule has 0 radical (unpaired) electrons. The minimum atomic E-state index is 0.582. The Labute approximate surface area is 102 Å². The van der Waals surface area contributed by atoms with Crippen LogP contribution in [0.3, 0.4) is 0 Å². The second kappa shape index (κ2) is 6.33. The van der Waals surface area contributed by atoms with Crippen molar-refractivity contribution < 1.29 is 0 Å². The van der Waals surface area contributed by atoms with E-state index in [0.717, 1.165) is 44.7 Å². The van der Waals surface area contributed by atoms with E-state index in [1.807, 2.05) is 6.07 Å². The van der Waals surface area contributed by atoms with Crippen molar-refractivity contribution >= 4 is 0 Å². The van der Waals surface area contributed by atoms with E-state index in [1.165, 1.54) is 0 Å². The molecule has 17 heavy (non-hydrogen) atoms. The average molecular weight is 230 g/mol. The van der Waals surface area contributed by atoms with E-state index in [2.05, 4.69) is 26.1 Å². The summed E-state index contributed by atoms with van der Waals surface area (Å²) in [6, 6.07) is 2.53. The highest BCUT2D eigenvalue weighted by Gasteiger charge is 2.17. The van der Waals surface area contributed by atoms with Crippen molar-refractivity contribution in [2.45, 2.75) is 25.4 Å². The van der Waals surface area contributed by atoms with Gasteiger partial charge in [-0.25, -0.2) is 9.97 Å². The van der Waals surface area contributed by atoms with E-state index in [0.29, 0.717) is 6.04 Å². The molecule has 0 atom stereocenters. The molecule has 1 aromatic heterocycles. The van der Waals surface area contributed by atoms with Crippen molar-refractivity contribution in [3.8, 4) is 12.3 Å². The largest absolute Gasteiger partial charge is 0.308 e. The zero-order chi connectivity index (χ0) is 11.9. The van der Waals surface area contributed by atoms with Gasteiger partial charge < -0.3 is 5.32 Å². The summed E-state index contributed by atoms with van der Waals surface area (Å²) in [5.74, 6) is 2.70. The minimum absolute atomic E-state index is 0.582. The molecular formula is C13H18N4. The molecule has 4 heteroatoms. The first-order valence-corrected chi connectivity index (χ1v) is 6.02. The fraction of sp³-hybridized carbons (Fsp3) is 0.538. The second-order valence-electron chi connectivity index (χ2n) is 4.34. The molecule has 1 saturated heterocycles. The van der Waals surface area contributed by atoms with Crippen LogP contribution in [-0.4, -0.2) is 40.5 Å². The molecule has 2 rings (SSSR count). The van der Waals surface area contributed by atoms with E-state index in [-0.39, 0.29) is 0 Å². The van der Waals surface area contributed by atoms with Crippen molar-refractivity contribution in [1.82, 2.24) is 20.2 Å². The number of nitrogens with zero attached hydrogens (tertiary/aromatic N) is 3. The lowest BCUT2D eigenvalue weighted by atomic mass is 10.1. The molecule has 0 aromatic carbocycles. The van der Waals surface area contributed by atoms with Gasteiger partial charge in [0.25, 0.3) is 0 Å². The number of terminal acetylenes is 1. The van der Waals surface area contributed by atoms with Crippen molar-refractivity contribution in [2.24, 2.45) is 0 Å². The van der Waals surface area contributed by atoms with E-state index in [9.17, 15) is 0 Å². The third kappa shape index (κ3) is 3.81. The van der Waals surface area contributed by atoms with Crippen LogP contribution in [0.25, 0.3) is 0 Å². The Kier molecular flexibility index (Phi) is 4.48. The summed E-state index contributed by atoms with van der Waals surface area (Å²) >= 11 is 0. The van der Waals surface area contributed by atoms with Crippen LogP contribution in [0.5, 0.6) is 0 Å². The van der Waals surface area contributed by atoms with Crippen molar-refractivity contribution in [1.29, 1.82) is 0 Å². The summed E-state index contributed by atoms with van der Waals surface area (Å²) < 4.78 is 0. The predicted molar refractivity (Wildman–Crippen MR) is 67.2 cm³/mol. The summed E-state index contributed by atoms with van der Waals surface area (Å²) in [7, 11) is 0. The topological polar surface area (TPSA) is 41.0 Å². The number of piperidine rings is 1. The first-order valence-electron chi connectivity index (χ1n) is 6.02. The number of hydrogen-bond donors (Lipinski definition) is 1. The van der Waals surface area contributed by atoms with Gasteiger partial charge in [0, 0.05) is 31.9 Å². The zero-order valence-electron chi connectivity index (χ0n) is 9.97. The average Bonchev–Trinajstić information content (AvgIpc) is 2.40. The number of likely N-dealkylation sites (tertiary alicyclic amines) is 1. The maximum Gasteiger partial charge on any atom is 0.115 e. The number of hydrogen-bond acceptors (Lipinski definition) is 4. The molecule has 4 nitrogen and oxygen atoms in total. The second-order valence-corrected chi connectivity index (χ2v) is 4.34. The third-order valence-electron chi connectivity index (χ3n) is 3.12. The van der Waals surface area contributed by atoms with Gasteiger partial charge in [-0.05, 0) is 18.9 Å². The Balaban J connectivity index is 1.70. The van der Waals surface area contributed by atoms with Crippen molar-refractivity contribution in [3.63, 3.8) is 0 Å². The highest BCUT2D eigenvalue weighted by Crippen LogP contribution is 2.10. The van der Waals surface area contributed by atoms with E-state index in [1.54, 1.807) is 12.5 Å². The molecular weight excluding hydrogens is 212 g/mol. The maximum absolute atomic E-state index is 5.31. The van der Waals surface area contributed by atoms with E-state index < -0.39 is 0 Å². The molecule has 0 amide bonds. The molecule has 90 valence electrons. The quantitative estimate of drug-likeness (QED) is 0.772. The number of nitrogens with one attached hydrogen (secondary N) is 1. The summed E-state index contributed by atoms with van der Waals surface area (Å²) in [5.41, 5.74) is 1.05.